The normalized spacial score (nSPS) is 12.2. The maximum absolute atomic E-state index is 12.5. The molecule has 0 saturated carbocycles. The summed E-state index contributed by atoms with van der Waals surface area (Å²) in [6.45, 7) is 3.78. The largest absolute Gasteiger partial charge is 0.497 e. The summed E-state index contributed by atoms with van der Waals surface area (Å²) >= 11 is 0. The monoisotopic (exact) mass is 388 g/mol. The lowest BCUT2D eigenvalue weighted by Crippen LogP contribution is -2.17. The van der Waals surface area contributed by atoms with Gasteiger partial charge in [-0.05, 0) is 26.0 Å². The highest BCUT2D eigenvalue weighted by Gasteiger charge is 2.21. The number of ether oxygens (including phenoxy) is 1. The first-order valence-electron chi connectivity index (χ1n) is 7.24. The molecule has 0 spiro atoms. The fourth-order valence-electron chi connectivity index (χ4n) is 1.96. The predicted molar refractivity (Wildman–Crippen MR) is 94.9 cm³/mol. The van der Waals surface area contributed by atoms with Gasteiger partial charge in [0, 0.05) is 18.3 Å². The zero-order valence-corrected chi connectivity index (χ0v) is 15.8. The number of sulfonamides is 2. The van der Waals surface area contributed by atoms with E-state index in [0.29, 0.717) is 5.75 Å². The van der Waals surface area contributed by atoms with Crippen LogP contribution in [-0.4, -0.2) is 39.8 Å². The number of imidazole rings is 1. The summed E-state index contributed by atoms with van der Waals surface area (Å²) < 4.78 is 59.4. The molecule has 0 aliphatic heterocycles. The van der Waals surface area contributed by atoms with Crippen molar-refractivity contribution in [3.8, 4) is 5.75 Å². The van der Waals surface area contributed by atoms with Gasteiger partial charge in [0.1, 0.15) is 5.75 Å². The fraction of sp³-hybridized carbons (Fsp3) is 0.357. The second kappa shape index (κ2) is 6.92. The Bertz CT molecular complexity index is 965. The summed E-state index contributed by atoms with van der Waals surface area (Å²) in [6, 6.07) is 4.35. The van der Waals surface area contributed by atoms with Crippen LogP contribution in [-0.2, 0) is 20.0 Å². The number of nitrogens with one attached hydrogen (secondary N) is 2. The number of rotatable bonds is 7. The number of aromatic nitrogens is 2. The van der Waals surface area contributed by atoms with Gasteiger partial charge in [-0.15, -0.1) is 0 Å². The molecule has 1 aromatic heterocycles. The molecule has 2 aromatic rings. The first-order chi connectivity index (χ1) is 11.5. The minimum Gasteiger partial charge on any atom is -0.497 e. The fourth-order valence-corrected chi connectivity index (χ4v) is 3.55. The molecule has 0 aliphatic rings. The van der Waals surface area contributed by atoms with Crippen molar-refractivity contribution in [3.63, 3.8) is 0 Å². The third kappa shape index (κ3) is 4.86. The van der Waals surface area contributed by atoms with E-state index in [9.17, 15) is 16.8 Å². The molecule has 11 heteroatoms. The highest BCUT2D eigenvalue weighted by Crippen LogP contribution is 2.29. The van der Waals surface area contributed by atoms with Gasteiger partial charge in [0.25, 0.3) is 10.0 Å². The minimum absolute atomic E-state index is 0.0314. The summed E-state index contributed by atoms with van der Waals surface area (Å²) in [5, 5.41) is -0.172. The van der Waals surface area contributed by atoms with E-state index >= 15 is 0 Å². The quantitative estimate of drug-likeness (QED) is 0.744. The van der Waals surface area contributed by atoms with Crippen molar-refractivity contribution in [1.82, 2.24) is 9.55 Å². The molecule has 0 fully saturated rings. The van der Waals surface area contributed by atoms with Crippen molar-refractivity contribution < 1.29 is 21.6 Å². The van der Waals surface area contributed by atoms with Crippen molar-refractivity contribution >= 4 is 31.4 Å². The second-order valence-corrected chi connectivity index (χ2v) is 9.02. The van der Waals surface area contributed by atoms with Crippen LogP contribution in [0.3, 0.4) is 0 Å². The summed E-state index contributed by atoms with van der Waals surface area (Å²) in [5.74, 6) is 0.365. The molecule has 138 valence electrons. The van der Waals surface area contributed by atoms with Crippen LogP contribution in [0.15, 0.2) is 35.7 Å². The van der Waals surface area contributed by atoms with Gasteiger partial charge in [-0.3, -0.25) is 9.44 Å². The predicted octanol–water partition coefficient (Wildman–Crippen LogP) is 1.64. The molecular weight excluding hydrogens is 368 g/mol. The Morgan fingerprint density at radius 1 is 1.12 bits per heavy atom. The van der Waals surface area contributed by atoms with Crippen molar-refractivity contribution in [3.05, 3.63) is 30.7 Å². The Hall–Kier alpha value is -2.27. The average molecular weight is 388 g/mol. The van der Waals surface area contributed by atoms with Gasteiger partial charge in [0.05, 0.1) is 31.1 Å². The highest BCUT2D eigenvalue weighted by atomic mass is 32.2. The Balaban J connectivity index is 2.42. The zero-order chi connectivity index (χ0) is 18.8. The standard InChI is InChI=1S/C14H20N4O5S2/c1-10(2)18-8-14(15-9-18)25(21,22)17-13-7-11(23-3)5-6-12(13)16-24(4,19)20/h5-10,16-17H,1-4H3. The van der Waals surface area contributed by atoms with Crippen molar-refractivity contribution in [2.45, 2.75) is 24.9 Å². The summed E-state index contributed by atoms with van der Waals surface area (Å²) in [7, 11) is -6.18. The molecule has 0 saturated heterocycles. The van der Waals surface area contributed by atoms with Crippen molar-refractivity contribution in [1.29, 1.82) is 0 Å². The van der Waals surface area contributed by atoms with Gasteiger partial charge in [-0.1, -0.05) is 0 Å². The van der Waals surface area contributed by atoms with Gasteiger partial charge in [0.15, 0.2) is 5.03 Å². The van der Waals surface area contributed by atoms with E-state index in [2.05, 4.69) is 14.4 Å². The number of benzene rings is 1. The van der Waals surface area contributed by atoms with E-state index in [4.69, 9.17) is 4.74 Å². The Morgan fingerprint density at radius 3 is 2.32 bits per heavy atom. The van der Waals surface area contributed by atoms with Crippen LogP contribution in [0, 0.1) is 0 Å². The molecular formula is C14H20N4O5S2. The van der Waals surface area contributed by atoms with Gasteiger partial charge >= 0.3 is 0 Å². The van der Waals surface area contributed by atoms with Crippen LogP contribution in [0.2, 0.25) is 0 Å². The van der Waals surface area contributed by atoms with E-state index in [1.54, 1.807) is 4.57 Å². The number of hydrogen-bond acceptors (Lipinski definition) is 6. The SMILES string of the molecule is COc1ccc(NS(C)(=O)=O)c(NS(=O)(=O)c2cn(C(C)C)cn2)c1. The summed E-state index contributed by atoms with van der Waals surface area (Å²) in [6.07, 6.45) is 3.79. The van der Waals surface area contributed by atoms with Crippen LogP contribution in [0.25, 0.3) is 0 Å². The van der Waals surface area contributed by atoms with E-state index in [-0.39, 0.29) is 22.4 Å². The minimum atomic E-state index is -4.00. The lowest BCUT2D eigenvalue weighted by Gasteiger charge is -2.14. The Labute approximate surface area is 147 Å². The molecule has 9 nitrogen and oxygen atoms in total. The highest BCUT2D eigenvalue weighted by molar-refractivity contribution is 7.93. The lowest BCUT2D eigenvalue weighted by molar-refractivity contribution is 0.415. The molecule has 1 heterocycles. The van der Waals surface area contributed by atoms with E-state index in [1.807, 2.05) is 13.8 Å². The molecule has 0 bridgehead atoms. The van der Waals surface area contributed by atoms with Gasteiger partial charge < -0.3 is 9.30 Å². The summed E-state index contributed by atoms with van der Waals surface area (Å²) in [5.41, 5.74) is 0.110. The number of methoxy groups -OCH3 is 1. The van der Waals surface area contributed by atoms with Crippen LogP contribution in [0.1, 0.15) is 19.9 Å². The third-order valence-electron chi connectivity index (χ3n) is 3.22. The van der Waals surface area contributed by atoms with E-state index in [0.717, 1.165) is 6.26 Å². The van der Waals surface area contributed by atoms with Crippen molar-refractivity contribution in [2.24, 2.45) is 0 Å². The first kappa shape index (κ1) is 19.1. The topological polar surface area (TPSA) is 119 Å². The molecule has 2 N–H and O–H groups in total. The molecule has 0 aliphatic carbocycles. The van der Waals surface area contributed by atoms with Crippen LogP contribution >= 0.6 is 0 Å². The van der Waals surface area contributed by atoms with Gasteiger partial charge in [0.2, 0.25) is 10.0 Å². The lowest BCUT2D eigenvalue weighted by atomic mass is 10.2. The Kier molecular flexibility index (Phi) is 5.28. The van der Waals surface area contributed by atoms with E-state index in [1.165, 1.54) is 37.8 Å². The Morgan fingerprint density at radius 2 is 1.80 bits per heavy atom. The molecule has 0 radical (unpaired) electrons. The number of nitrogens with zero attached hydrogens (tertiary/aromatic N) is 2. The molecule has 0 unspecified atom stereocenters. The maximum atomic E-state index is 12.5. The van der Waals surface area contributed by atoms with E-state index < -0.39 is 20.0 Å². The molecule has 0 atom stereocenters. The second-order valence-electron chi connectivity index (χ2n) is 5.64. The van der Waals surface area contributed by atoms with Gasteiger partial charge in [-0.2, -0.15) is 8.42 Å². The third-order valence-corrected chi connectivity index (χ3v) is 5.06. The summed E-state index contributed by atoms with van der Waals surface area (Å²) in [4.78, 5) is 3.89. The number of hydrogen-bond donors (Lipinski definition) is 2. The maximum Gasteiger partial charge on any atom is 0.281 e. The van der Waals surface area contributed by atoms with Crippen molar-refractivity contribution in [2.75, 3.05) is 22.8 Å². The number of anilines is 2. The van der Waals surface area contributed by atoms with Crippen LogP contribution in [0.5, 0.6) is 5.75 Å². The molecule has 0 amide bonds. The molecule has 1 aromatic carbocycles. The first-order valence-corrected chi connectivity index (χ1v) is 10.6. The smallest absolute Gasteiger partial charge is 0.281 e. The molecule has 25 heavy (non-hydrogen) atoms. The zero-order valence-electron chi connectivity index (χ0n) is 14.2. The van der Waals surface area contributed by atoms with Crippen LogP contribution in [0.4, 0.5) is 11.4 Å². The van der Waals surface area contributed by atoms with Crippen LogP contribution < -0.4 is 14.2 Å². The molecule has 2 rings (SSSR count). The van der Waals surface area contributed by atoms with Gasteiger partial charge in [-0.25, -0.2) is 13.4 Å². The average Bonchev–Trinajstić information content (AvgIpc) is 2.98.